The number of ketones is 2. The van der Waals surface area contributed by atoms with Crippen LogP contribution in [0.2, 0.25) is 0 Å². The van der Waals surface area contributed by atoms with Crippen molar-refractivity contribution in [1.29, 1.82) is 0 Å². The van der Waals surface area contributed by atoms with E-state index in [0.717, 1.165) is 18.8 Å². The van der Waals surface area contributed by atoms with Crippen LogP contribution in [0.5, 0.6) is 0 Å². The van der Waals surface area contributed by atoms with Crippen LogP contribution in [0.4, 0.5) is 0 Å². The first-order chi connectivity index (χ1) is 6.93. The summed E-state index contributed by atoms with van der Waals surface area (Å²) in [6.45, 7) is 7.76. The van der Waals surface area contributed by atoms with Gasteiger partial charge in [0.15, 0.2) is 5.78 Å². The van der Waals surface area contributed by atoms with Crippen LogP contribution in [0.15, 0.2) is 11.6 Å². The maximum absolute atomic E-state index is 11.0. The van der Waals surface area contributed by atoms with Gasteiger partial charge in [-0.15, -0.1) is 0 Å². The van der Waals surface area contributed by atoms with Crippen LogP contribution < -0.4 is 0 Å². The molecule has 0 aromatic carbocycles. The van der Waals surface area contributed by atoms with Gasteiger partial charge < -0.3 is 0 Å². The normalized spacial score (nSPS) is 11.9. The summed E-state index contributed by atoms with van der Waals surface area (Å²) >= 11 is 0. The molecule has 0 aliphatic rings. The van der Waals surface area contributed by atoms with Crippen LogP contribution in [0, 0.1) is 5.92 Å². The monoisotopic (exact) mass is 210 g/mol. The second-order valence-electron chi connectivity index (χ2n) is 4.52. The third-order valence-electron chi connectivity index (χ3n) is 2.38. The maximum atomic E-state index is 11.0. The summed E-state index contributed by atoms with van der Waals surface area (Å²) in [5.41, 5.74) is 1.21. The van der Waals surface area contributed by atoms with E-state index in [-0.39, 0.29) is 18.0 Å². The van der Waals surface area contributed by atoms with Gasteiger partial charge in [0.25, 0.3) is 0 Å². The largest absolute Gasteiger partial charge is 0.291 e. The van der Waals surface area contributed by atoms with Gasteiger partial charge in [0, 0.05) is 13.3 Å². The third-order valence-corrected chi connectivity index (χ3v) is 2.38. The molecule has 0 aliphatic heterocycles. The Bertz CT molecular complexity index is 249. The first kappa shape index (κ1) is 14.1. The molecule has 0 saturated carbocycles. The van der Waals surface area contributed by atoms with E-state index >= 15 is 0 Å². The molecule has 0 aromatic rings. The number of rotatable bonds is 7. The molecule has 0 aliphatic carbocycles. The van der Waals surface area contributed by atoms with Gasteiger partial charge in [-0.25, -0.2) is 0 Å². The topological polar surface area (TPSA) is 34.1 Å². The first-order valence-electron chi connectivity index (χ1n) is 5.63. The summed E-state index contributed by atoms with van der Waals surface area (Å²) < 4.78 is 0. The minimum absolute atomic E-state index is 0.267. The zero-order valence-corrected chi connectivity index (χ0v) is 10.3. The SMILES string of the molecule is CC(=O)C(=O)CC=C(C)CCCC(C)C. The number of Topliss-reactive ketones (excluding diaryl/α,β-unsaturated/α-hetero) is 2. The Kier molecular flexibility index (Phi) is 6.93. The maximum Gasteiger partial charge on any atom is 0.201 e. The van der Waals surface area contributed by atoms with E-state index < -0.39 is 0 Å². The summed E-state index contributed by atoms with van der Waals surface area (Å²) in [4.78, 5) is 21.7. The molecule has 0 aromatic heterocycles. The highest BCUT2D eigenvalue weighted by molar-refractivity contribution is 6.36. The van der Waals surface area contributed by atoms with Gasteiger partial charge in [-0.3, -0.25) is 9.59 Å². The van der Waals surface area contributed by atoms with Gasteiger partial charge in [-0.1, -0.05) is 31.9 Å². The summed E-state index contributed by atoms with van der Waals surface area (Å²) in [6, 6.07) is 0. The van der Waals surface area contributed by atoms with Gasteiger partial charge in [-0.05, 0) is 25.7 Å². The molecule has 0 unspecified atom stereocenters. The predicted octanol–water partition coefficient (Wildman–Crippen LogP) is 3.31. The Morgan fingerprint density at radius 3 is 2.27 bits per heavy atom. The molecule has 0 spiro atoms. The molecule has 0 N–H and O–H groups in total. The van der Waals surface area contributed by atoms with Crippen molar-refractivity contribution in [3.05, 3.63) is 11.6 Å². The lowest BCUT2D eigenvalue weighted by Gasteiger charge is -2.04. The molecule has 86 valence electrons. The highest BCUT2D eigenvalue weighted by Gasteiger charge is 2.04. The van der Waals surface area contributed by atoms with E-state index in [1.165, 1.54) is 18.9 Å². The van der Waals surface area contributed by atoms with Crippen molar-refractivity contribution in [2.24, 2.45) is 5.92 Å². The van der Waals surface area contributed by atoms with E-state index in [1.54, 1.807) is 0 Å². The van der Waals surface area contributed by atoms with E-state index in [4.69, 9.17) is 0 Å². The van der Waals surface area contributed by atoms with E-state index in [0.29, 0.717) is 0 Å². The average molecular weight is 210 g/mol. The van der Waals surface area contributed by atoms with Crippen LogP contribution >= 0.6 is 0 Å². The van der Waals surface area contributed by atoms with Crippen molar-refractivity contribution in [3.63, 3.8) is 0 Å². The highest BCUT2D eigenvalue weighted by Crippen LogP contribution is 2.12. The molecule has 2 heteroatoms. The van der Waals surface area contributed by atoms with Crippen LogP contribution in [0.25, 0.3) is 0 Å². The van der Waals surface area contributed by atoms with Gasteiger partial charge >= 0.3 is 0 Å². The van der Waals surface area contributed by atoms with Gasteiger partial charge in [-0.2, -0.15) is 0 Å². The Hall–Kier alpha value is -0.920. The quantitative estimate of drug-likeness (QED) is 0.477. The average Bonchev–Trinajstić information content (AvgIpc) is 2.13. The van der Waals surface area contributed by atoms with Crippen LogP contribution in [-0.4, -0.2) is 11.6 Å². The van der Waals surface area contributed by atoms with Crippen LogP contribution in [-0.2, 0) is 9.59 Å². The third kappa shape index (κ3) is 8.10. The lowest BCUT2D eigenvalue weighted by atomic mass is 10.0. The standard InChI is InChI=1S/C13H22O2/c1-10(2)6-5-7-11(3)8-9-13(15)12(4)14/h8,10H,5-7,9H2,1-4H3. The Balaban J connectivity index is 3.79. The molecule has 0 saturated heterocycles. The van der Waals surface area contributed by atoms with Crippen LogP contribution in [0.3, 0.4) is 0 Å². The summed E-state index contributed by atoms with van der Waals surface area (Å²) in [5, 5.41) is 0. The summed E-state index contributed by atoms with van der Waals surface area (Å²) in [5.74, 6) is 0.0936. The van der Waals surface area contributed by atoms with Crippen molar-refractivity contribution < 1.29 is 9.59 Å². The Morgan fingerprint density at radius 2 is 1.80 bits per heavy atom. The molecular weight excluding hydrogens is 188 g/mol. The van der Waals surface area contributed by atoms with Crippen molar-refractivity contribution in [3.8, 4) is 0 Å². The lowest BCUT2D eigenvalue weighted by Crippen LogP contribution is -2.07. The lowest BCUT2D eigenvalue weighted by molar-refractivity contribution is -0.134. The van der Waals surface area contributed by atoms with Crippen molar-refractivity contribution in [1.82, 2.24) is 0 Å². The second-order valence-corrected chi connectivity index (χ2v) is 4.52. The van der Waals surface area contributed by atoms with Crippen molar-refractivity contribution in [2.45, 2.75) is 53.4 Å². The fourth-order valence-electron chi connectivity index (χ4n) is 1.30. The number of carbonyl (C=O) groups excluding carboxylic acids is 2. The van der Waals surface area contributed by atoms with Gasteiger partial charge in [0.1, 0.15) is 0 Å². The highest BCUT2D eigenvalue weighted by atomic mass is 16.2. The molecule has 0 amide bonds. The zero-order valence-electron chi connectivity index (χ0n) is 10.3. The molecule has 0 atom stereocenters. The zero-order chi connectivity index (χ0) is 11.8. The van der Waals surface area contributed by atoms with E-state index in [1.807, 2.05) is 13.0 Å². The predicted molar refractivity (Wildman–Crippen MR) is 62.8 cm³/mol. The Morgan fingerprint density at radius 1 is 1.20 bits per heavy atom. The fourth-order valence-corrected chi connectivity index (χ4v) is 1.30. The second kappa shape index (κ2) is 7.38. The van der Waals surface area contributed by atoms with Gasteiger partial charge in [0.2, 0.25) is 5.78 Å². The smallest absolute Gasteiger partial charge is 0.201 e. The Labute approximate surface area is 92.8 Å². The molecule has 0 radical (unpaired) electrons. The minimum Gasteiger partial charge on any atom is -0.291 e. The number of carbonyl (C=O) groups is 2. The molecule has 0 heterocycles. The summed E-state index contributed by atoms with van der Waals surface area (Å²) in [6.07, 6.45) is 5.55. The fraction of sp³-hybridized carbons (Fsp3) is 0.692. The molecular formula is C13H22O2. The molecule has 0 fully saturated rings. The molecule has 0 rings (SSSR count). The number of hydrogen-bond donors (Lipinski definition) is 0. The first-order valence-corrected chi connectivity index (χ1v) is 5.63. The van der Waals surface area contributed by atoms with Crippen LogP contribution in [0.1, 0.15) is 53.4 Å². The number of allylic oxidation sites excluding steroid dienone is 2. The van der Waals surface area contributed by atoms with Crippen molar-refractivity contribution in [2.75, 3.05) is 0 Å². The minimum atomic E-state index is -0.346. The number of hydrogen-bond acceptors (Lipinski definition) is 2. The molecule has 2 nitrogen and oxygen atoms in total. The molecule has 15 heavy (non-hydrogen) atoms. The molecule has 0 bridgehead atoms. The van der Waals surface area contributed by atoms with E-state index in [2.05, 4.69) is 13.8 Å². The van der Waals surface area contributed by atoms with Crippen molar-refractivity contribution >= 4 is 11.6 Å². The van der Waals surface area contributed by atoms with Gasteiger partial charge in [0.05, 0.1) is 0 Å². The van der Waals surface area contributed by atoms with E-state index in [9.17, 15) is 9.59 Å². The summed E-state index contributed by atoms with van der Waals surface area (Å²) in [7, 11) is 0.